The maximum absolute atomic E-state index is 13.5. The molecule has 0 saturated heterocycles. The summed E-state index contributed by atoms with van der Waals surface area (Å²) in [6, 6.07) is 26.4. The molecule has 0 spiro atoms. The standard InChI is InChI=1S/C27H29ClN2O2S/c1-20(2)29-27(32)25(17-21-9-5-3-6-10-21)30(18-22-13-15-23(28)16-14-22)26(31)19-33-24-11-7-4-8-12-24/h3-16,20,25H,17-19H2,1-2H3,(H,29,32)/t25-/m0/s1. The molecule has 0 heterocycles. The lowest BCUT2D eigenvalue weighted by Crippen LogP contribution is -2.52. The fourth-order valence-electron chi connectivity index (χ4n) is 3.47. The van der Waals surface area contributed by atoms with E-state index in [-0.39, 0.29) is 23.6 Å². The molecule has 33 heavy (non-hydrogen) atoms. The Morgan fingerprint density at radius 1 is 0.879 bits per heavy atom. The molecular formula is C27H29ClN2O2S. The Labute approximate surface area is 205 Å². The summed E-state index contributed by atoms with van der Waals surface area (Å²) in [5, 5.41) is 3.64. The van der Waals surface area contributed by atoms with Gasteiger partial charge in [0, 0.05) is 28.9 Å². The highest BCUT2D eigenvalue weighted by Gasteiger charge is 2.30. The summed E-state index contributed by atoms with van der Waals surface area (Å²) in [5.41, 5.74) is 1.93. The number of halogens is 1. The summed E-state index contributed by atoms with van der Waals surface area (Å²) in [5.74, 6) is 0.0113. The van der Waals surface area contributed by atoms with Crippen LogP contribution in [0.5, 0.6) is 0 Å². The fraction of sp³-hybridized carbons (Fsp3) is 0.259. The van der Waals surface area contributed by atoms with E-state index in [2.05, 4.69) is 5.32 Å². The third-order valence-electron chi connectivity index (χ3n) is 5.07. The van der Waals surface area contributed by atoms with E-state index in [0.29, 0.717) is 18.0 Å². The fourth-order valence-corrected chi connectivity index (χ4v) is 4.40. The van der Waals surface area contributed by atoms with Crippen LogP contribution >= 0.6 is 23.4 Å². The predicted octanol–water partition coefficient (Wildman–Crippen LogP) is 5.60. The molecule has 0 bridgehead atoms. The largest absolute Gasteiger partial charge is 0.352 e. The van der Waals surface area contributed by atoms with Crippen LogP contribution in [0.15, 0.2) is 89.8 Å². The smallest absolute Gasteiger partial charge is 0.243 e. The Morgan fingerprint density at radius 3 is 2.09 bits per heavy atom. The molecule has 0 saturated carbocycles. The van der Waals surface area contributed by atoms with Crippen LogP contribution in [-0.2, 0) is 22.6 Å². The van der Waals surface area contributed by atoms with Crippen LogP contribution in [0.1, 0.15) is 25.0 Å². The summed E-state index contributed by atoms with van der Waals surface area (Å²) in [6.45, 7) is 4.18. The van der Waals surface area contributed by atoms with E-state index in [0.717, 1.165) is 16.0 Å². The predicted molar refractivity (Wildman–Crippen MR) is 136 cm³/mol. The topological polar surface area (TPSA) is 49.4 Å². The molecule has 4 nitrogen and oxygen atoms in total. The minimum Gasteiger partial charge on any atom is -0.352 e. The lowest BCUT2D eigenvalue weighted by atomic mass is 10.0. The Morgan fingerprint density at radius 2 is 1.48 bits per heavy atom. The quantitative estimate of drug-likeness (QED) is 0.384. The van der Waals surface area contributed by atoms with Crippen molar-refractivity contribution in [3.8, 4) is 0 Å². The second-order valence-electron chi connectivity index (χ2n) is 8.12. The number of hydrogen-bond acceptors (Lipinski definition) is 3. The summed E-state index contributed by atoms with van der Waals surface area (Å²) in [6.07, 6.45) is 0.439. The highest BCUT2D eigenvalue weighted by Crippen LogP contribution is 2.21. The van der Waals surface area contributed by atoms with Crippen LogP contribution in [-0.4, -0.2) is 34.6 Å². The van der Waals surface area contributed by atoms with Crippen LogP contribution in [0, 0.1) is 0 Å². The summed E-state index contributed by atoms with van der Waals surface area (Å²) < 4.78 is 0. The van der Waals surface area contributed by atoms with Gasteiger partial charge in [0.1, 0.15) is 6.04 Å². The van der Waals surface area contributed by atoms with Crippen molar-refractivity contribution in [2.24, 2.45) is 0 Å². The average Bonchev–Trinajstić information content (AvgIpc) is 2.82. The van der Waals surface area contributed by atoms with Crippen LogP contribution in [0.2, 0.25) is 5.02 Å². The van der Waals surface area contributed by atoms with Gasteiger partial charge < -0.3 is 10.2 Å². The highest BCUT2D eigenvalue weighted by atomic mass is 35.5. The minimum atomic E-state index is -0.630. The van der Waals surface area contributed by atoms with E-state index < -0.39 is 6.04 Å². The second kappa shape index (κ2) is 12.5. The molecule has 3 aromatic carbocycles. The molecule has 0 aromatic heterocycles. The minimum absolute atomic E-state index is 0.0260. The first-order valence-corrected chi connectivity index (χ1v) is 12.3. The van der Waals surface area contributed by atoms with Crippen molar-refractivity contribution in [2.75, 3.05) is 5.75 Å². The molecule has 2 amide bonds. The van der Waals surface area contributed by atoms with Gasteiger partial charge in [-0.15, -0.1) is 11.8 Å². The average molecular weight is 481 g/mol. The zero-order chi connectivity index (χ0) is 23.6. The van der Waals surface area contributed by atoms with Crippen molar-refractivity contribution in [3.05, 3.63) is 101 Å². The molecule has 1 N–H and O–H groups in total. The van der Waals surface area contributed by atoms with E-state index in [1.165, 1.54) is 11.8 Å². The zero-order valence-electron chi connectivity index (χ0n) is 18.9. The van der Waals surface area contributed by atoms with E-state index in [1.54, 1.807) is 17.0 Å². The van der Waals surface area contributed by atoms with E-state index in [1.807, 2.05) is 86.6 Å². The third-order valence-corrected chi connectivity index (χ3v) is 6.32. The molecule has 172 valence electrons. The molecule has 0 aliphatic carbocycles. The number of nitrogens with one attached hydrogen (secondary N) is 1. The molecule has 0 unspecified atom stereocenters. The van der Waals surface area contributed by atoms with Gasteiger partial charge in [0.25, 0.3) is 0 Å². The molecule has 0 aliphatic heterocycles. The van der Waals surface area contributed by atoms with E-state index in [9.17, 15) is 9.59 Å². The lowest BCUT2D eigenvalue weighted by molar-refractivity contribution is -0.139. The third kappa shape index (κ3) is 7.95. The van der Waals surface area contributed by atoms with Gasteiger partial charge in [0.2, 0.25) is 11.8 Å². The SMILES string of the molecule is CC(C)NC(=O)[C@H](Cc1ccccc1)N(Cc1ccc(Cl)cc1)C(=O)CSc1ccccc1. The Hall–Kier alpha value is -2.76. The van der Waals surface area contributed by atoms with Crippen LogP contribution in [0.3, 0.4) is 0 Å². The van der Waals surface area contributed by atoms with E-state index >= 15 is 0 Å². The van der Waals surface area contributed by atoms with Gasteiger partial charge in [-0.25, -0.2) is 0 Å². The number of amides is 2. The first-order chi connectivity index (χ1) is 15.9. The summed E-state index contributed by atoms with van der Waals surface area (Å²) >= 11 is 7.53. The van der Waals surface area contributed by atoms with Crippen LogP contribution in [0.25, 0.3) is 0 Å². The normalized spacial score (nSPS) is 11.8. The maximum atomic E-state index is 13.5. The number of carbonyl (C=O) groups is 2. The molecule has 3 rings (SSSR count). The number of rotatable bonds is 10. The number of hydrogen-bond donors (Lipinski definition) is 1. The Balaban J connectivity index is 1.89. The van der Waals surface area contributed by atoms with Gasteiger partial charge in [-0.3, -0.25) is 9.59 Å². The monoisotopic (exact) mass is 480 g/mol. The molecule has 0 aliphatic rings. The number of thioether (sulfide) groups is 1. The first-order valence-electron chi connectivity index (χ1n) is 11.0. The van der Waals surface area contributed by atoms with Crippen molar-refractivity contribution in [3.63, 3.8) is 0 Å². The number of benzene rings is 3. The molecule has 0 fully saturated rings. The second-order valence-corrected chi connectivity index (χ2v) is 9.60. The molecule has 3 aromatic rings. The number of carbonyl (C=O) groups excluding carboxylic acids is 2. The van der Waals surface area contributed by atoms with Crippen molar-refractivity contribution in [1.29, 1.82) is 0 Å². The zero-order valence-corrected chi connectivity index (χ0v) is 20.5. The van der Waals surface area contributed by atoms with Gasteiger partial charge in [0.05, 0.1) is 5.75 Å². The maximum Gasteiger partial charge on any atom is 0.243 e. The highest BCUT2D eigenvalue weighted by molar-refractivity contribution is 8.00. The van der Waals surface area contributed by atoms with Gasteiger partial charge in [-0.05, 0) is 49.2 Å². The van der Waals surface area contributed by atoms with Crippen molar-refractivity contribution >= 4 is 35.2 Å². The van der Waals surface area contributed by atoms with Crippen molar-refractivity contribution < 1.29 is 9.59 Å². The van der Waals surface area contributed by atoms with E-state index in [4.69, 9.17) is 11.6 Å². The number of nitrogens with zero attached hydrogens (tertiary/aromatic N) is 1. The van der Waals surface area contributed by atoms with Gasteiger partial charge in [0.15, 0.2) is 0 Å². The molecule has 1 atom stereocenters. The van der Waals surface area contributed by atoms with Crippen molar-refractivity contribution in [1.82, 2.24) is 10.2 Å². The summed E-state index contributed by atoms with van der Waals surface area (Å²) in [7, 11) is 0. The lowest BCUT2D eigenvalue weighted by Gasteiger charge is -2.32. The Kier molecular flexibility index (Phi) is 9.40. The molecule has 0 radical (unpaired) electrons. The van der Waals surface area contributed by atoms with Crippen LogP contribution in [0.4, 0.5) is 0 Å². The molecule has 6 heteroatoms. The van der Waals surface area contributed by atoms with Crippen molar-refractivity contribution in [2.45, 2.75) is 43.8 Å². The van der Waals surface area contributed by atoms with Gasteiger partial charge in [-0.2, -0.15) is 0 Å². The van der Waals surface area contributed by atoms with Gasteiger partial charge in [-0.1, -0.05) is 72.3 Å². The van der Waals surface area contributed by atoms with Crippen LogP contribution < -0.4 is 5.32 Å². The summed E-state index contributed by atoms with van der Waals surface area (Å²) in [4.78, 5) is 29.5. The van der Waals surface area contributed by atoms with Gasteiger partial charge >= 0.3 is 0 Å². The first kappa shape index (κ1) is 24.9. The molecular weight excluding hydrogens is 452 g/mol. The Bertz CT molecular complexity index is 1030.